The number of nitrogens with one attached hydrogen (secondary N) is 1. The number of carbonyl (C=O) groups excluding carboxylic acids is 1. The Kier molecular flexibility index (Phi) is 5.11. The minimum atomic E-state index is -0.978. The van der Waals surface area contributed by atoms with Gasteiger partial charge in [-0.2, -0.15) is 10.5 Å². The van der Waals surface area contributed by atoms with E-state index in [2.05, 4.69) is 5.32 Å². The summed E-state index contributed by atoms with van der Waals surface area (Å²) in [6.45, 7) is -0.342. The maximum absolute atomic E-state index is 12.7. The highest BCUT2D eigenvalue weighted by atomic mass is 16.5. The SMILES string of the molecule is N#CC1=C(OCCO)N[C@H](N)C(C#N)=C1C(=O)c1ccccc1. The topological polar surface area (TPSA) is 132 Å². The average Bonchev–Trinajstić information content (AvgIpc) is 2.59. The van der Waals surface area contributed by atoms with E-state index in [-0.39, 0.29) is 35.8 Å². The van der Waals surface area contributed by atoms with Crippen molar-refractivity contribution in [2.75, 3.05) is 13.2 Å². The van der Waals surface area contributed by atoms with E-state index >= 15 is 0 Å². The molecule has 1 atom stereocenters. The molecule has 0 aliphatic carbocycles. The zero-order chi connectivity index (χ0) is 16.8. The molecular weight excluding hydrogens is 296 g/mol. The molecular formula is C16H14N4O3. The number of ether oxygens (including phenoxy) is 1. The van der Waals surface area contributed by atoms with E-state index in [0.717, 1.165) is 0 Å². The van der Waals surface area contributed by atoms with Crippen LogP contribution in [0.25, 0.3) is 0 Å². The van der Waals surface area contributed by atoms with Gasteiger partial charge in [0.05, 0.1) is 23.8 Å². The first-order valence-corrected chi connectivity index (χ1v) is 6.78. The van der Waals surface area contributed by atoms with Gasteiger partial charge in [-0.3, -0.25) is 4.79 Å². The molecule has 0 aromatic heterocycles. The Labute approximate surface area is 132 Å². The van der Waals surface area contributed by atoms with Crippen LogP contribution in [0.4, 0.5) is 0 Å². The van der Waals surface area contributed by atoms with Crippen molar-refractivity contribution in [3.05, 3.63) is 58.5 Å². The molecule has 1 aliphatic rings. The second-order valence-corrected chi connectivity index (χ2v) is 4.61. The van der Waals surface area contributed by atoms with Crippen molar-refractivity contribution in [2.24, 2.45) is 5.73 Å². The van der Waals surface area contributed by atoms with Gasteiger partial charge >= 0.3 is 0 Å². The first-order valence-electron chi connectivity index (χ1n) is 6.78. The standard InChI is InChI=1S/C16H14N4O3/c17-8-11-13(14(22)10-4-2-1-3-5-10)12(9-18)16(20-15(11)19)23-7-6-21/h1-5,15,20-21H,6-7,19H2/t15-/m0/s1. The summed E-state index contributed by atoms with van der Waals surface area (Å²) in [5.41, 5.74) is 5.95. The van der Waals surface area contributed by atoms with Gasteiger partial charge < -0.3 is 20.9 Å². The van der Waals surface area contributed by atoms with Crippen molar-refractivity contribution in [3.8, 4) is 12.1 Å². The molecule has 4 N–H and O–H groups in total. The molecule has 1 aliphatic heterocycles. The summed E-state index contributed by atoms with van der Waals surface area (Å²) >= 11 is 0. The molecule has 0 saturated carbocycles. The number of hydrogen-bond acceptors (Lipinski definition) is 7. The zero-order valence-corrected chi connectivity index (χ0v) is 12.1. The molecule has 116 valence electrons. The predicted molar refractivity (Wildman–Crippen MR) is 80.2 cm³/mol. The Hall–Kier alpha value is -3.13. The lowest BCUT2D eigenvalue weighted by Crippen LogP contribution is -2.44. The number of nitriles is 2. The molecule has 0 unspecified atom stereocenters. The van der Waals surface area contributed by atoms with Gasteiger partial charge in [-0.15, -0.1) is 0 Å². The van der Waals surface area contributed by atoms with E-state index in [1.54, 1.807) is 30.3 Å². The molecule has 7 nitrogen and oxygen atoms in total. The molecule has 1 heterocycles. The van der Waals surface area contributed by atoms with Crippen LogP contribution in [-0.2, 0) is 4.74 Å². The van der Waals surface area contributed by atoms with E-state index in [4.69, 9.17) is 15.6 Å². The highest BCUT2D eigenvalue weighted by Gasteiger charge is 2.32. The minimum absolute atomic E-state index is 0.0210. The first kappa shape index (κ1) is 16.2. The van der Waals surface area contributed by atoms with Crippen LogP contribution >= 0.6 is 0 Å². The average molecular weight is 310 g/mol. The van der Waals surface area contributed by atoms with Crippen LogP contribution in [-0.4, -0.2) is 30.3 Å². The number of allylic oxidation sites excluding steroid dienone is 2. The molecule has 23 heavy (non-hydrogen) atoms. The molecule has 0 saturated heterocycles. The second-order valence-electron chi connectivity index (χ2n) is 4.61. The third-order valence-corrected chi connectivity index (χ3v) is 3.18. The van der Waals surface area contributed by atoms with Crippen LogP contribution < -0.4 is 11.1 Å². The molecule has 1 aromatic carbocycles. The lowest BCUT2D eigenvalue weighted by atomic mass is 9.90. The number of rotatable bonds is 5. The molecule has 0 fully saturated rings. The summed E-state index contributed by atoms with van der Waals surface area (Å²) in [4.78, 5) is 12.7. The number of aliphatic hydroxyl groups is 1. The first-order chi connectivity index (χ1) is 11.1. The Morgan fingerprint density at radius 1 is 1.30 bits per heavy atom. The smallest absolute Gasteiger partial charge is 0.207 e. The molecule has 2 rings (SSSR count). The van der Waals surface area contributed by atoms with E-state index in [0.29, 0.717) is 5.56 Å². The fourth-order valence-corrected chi connectivity index (χ4v) is 2.15. The van der Waals surface area contributed by atoms with Crippen LogP contribution in [0.15, 0.2) is 52.9 Å². The Morgan fingerprint density at radius 3 is 2.57 bits per heavy atom. The summed E-state index contributed by atoms with van der Waals surface area (Å²) in [6.07, 6.45) is -0.978. The van der Waals surface area contributed by atoms with Gasteiger partial charge in [-0.05, 0) is 0 Å². The molecule has 0 amide bonds. The van der Waals surface area contributed by atoms with Crippen molar-refractivity contribution in [3.63, 3.8) is 0 Å². The van der Waals surface area contributed by atoms with E-state index in [9.17, 15) is 15.3 Å². The molecule has 7 heteroatoms. The summed E-state index contributed by atoms with van der Waals surface area (Å²) in [5, 5.41) is 30.2. The quantitative estimate of drug-likeness (QED) is 0.667. The van der Waals surface area contributed by atoms with Gasteiger partial charge in [-0.1, -0.05) is 30.3 Å². The number of aliphatic hydroxyl groups excluding tert-OH is 1. The highest BCUT2D eigenvalue weighted by molar-refractivity contribution is 6.13. The van der Waals surface area contributed by atoms with Crippen molar-refractivity contribution in [1.82, 2.24) is 5.32 Å². The minimum Gasteiger partial charge on any atom is -0.476 e. The molecule has 1 aromatic rings. The van der Waals surface area contributed by atoms with Crippen LogP contribution in [0.5, 0.6) is 0 Å². The lowest BCUT2D eigenvalue weighted by Gasteiger charge is -2.25. The summed E-state index contributed by atoms with van der Waals surface area (Å²) in [6, 6.07) is 12.0. The van der Waals surface area contributed by atoms with Crippen LogP contribution in [0, 0.1) is 22.7 Å². The van der Waals surface area contributed by atoms with Gasteiger partial charge in [0, 0.05) is 5.56 Å². The van der Waals surface area contributed by atoms with Crippen LogP contribution in [0.1, 0.15) is 10.4 Å². The van der Waals surface area contributed by atoms with Crippen molar-refractivity contribution in [1.29, 1.82) is 10.5 Å². The summed E-state index contributed by atoms with van der Waals surface area (Å²) < 4.78 is 5.24. The lowest BCUT2D eigenvalue weighted by molar-refractivity contribution is 0.102. The summed E-state index contributed by atoms with van der Waals surface area (Å²) in [5.74, 6) is -0.506. The number of nitrogens with zero attached hydrogens (tertiary/aromatic N) is 2. The Morgan fingerprint density at radius 2 is 2.00 bits per heavy atom. The third kappa shape index (κ3) is 3.22. The second kappa shape index (κ2) is 7.23. The third-order valence-electron chi connectivity index (χ3n) is 3.18. The van der Waals surface area contributed by atoms with Crippen molar-refractivity contribution < 1.29 is 14.6 Å². The molecule has 0 radical (unpaired) electrons. The van der Waals surface area contributed by atoms with E-state index < -0.39 is 11.9 Å². The predicted octanol–water partition coefficient (Wildman–Crippen LogP) is 0.322. The van der Waals surface area contributed by atoms with Crippen molar-refractivity contribution in [2.45, 2.75) is 6.17 Å². The highest BCUT2D eigenvalue weighted by Crippen LogP contribution is 2.27. The van der Waals surface area contributed by atoms with Gasteiger partial charge in [-0.25, -0.2) is 0 Å². The normalized spacial score (nSPS) is 17.1. The number of hydrogen-bond donors (Lipinski definition) is 3. The van der Waals surface area contributed by atoms with Gasteiger partial charge in [0.1, 0.15) is 24.4 Å². The number of benzene rings is 1. The number of nitrogens with two attached hydrogens (primary N) is 1. The molecule has 0 spiro atoms. The summed E-state index contributed by atoms with van der Waals surface area (Å²) in [7, 11) is 0. The van der Waals surface area contributed by atoms with Crippen LogP contribution in [0.3, 0.4) is 0 Å². The monoisotopic (exact) mass is 310 g/mol. The van der Waals surface area contributed by atoms with E-state index in [1.165, 1.54) is 0 Å². The maximum atomic E-state index is 12.7. The van der Waals surface area contributed by atoms with Gasteiger partial charge in [0.25, 0.3) is 0 Å². The fourth-order valence-electron chi connectivity index (χ4n) is 2.15. The Balaban J connectivity index is 2.58. The van der Waals surface area contributed by atoms with Crippen molar-refractivity contribution >= 4 is 5.78 Å². The molecule has 0 bridgehead atoms. The van der Waals surface area contributed by atoms with E-state index in [1.807, 2.05) is 12.1 Å². The largest absolute Gasteiger partial charge is 0.476 e. The number of dihydropyridines is 1. The van der Waals surface area contributed by atoms with Crippen LogP contribution in [0.2, 0.25) is 0 Å². The zero-order valence-electron chi connectivity index (χ0n) is 12.1. The maximum Gasteiger partial charge on any atom is 0.207 e. The van der Waals surface area contributed by atoms with Gasteiger partial charge in [0.2, 0.25) is 5.88 Å². The number of carbonyl (C=O) groups is 1. The Bertz CT molecular complexity index is 754. The number of Topliss-reactive ketones (excluding diaryl/α,β-unsaturated/α-hetero) is 1. The fraction of sp³-hybridized carbons (Fsp3) is 0.188. The number of ketones is 1. The van der Waals surface area contributed by atoms with Gasteiger partial charge in [0.15, 0.2) is 5.78 Å².